The van der Waals surface area contributed by atoms with Crippen LogP contribution in [0.1, 0.15) is 12.5 Å². The molecule has 0 bridgehead atoms. The van der Waals surface area contributed by atoms with Crippen molar-refractivity contribution in [2.75, 3.05) is 6.61 Å². The molecule has 0 atom stereocenters. The molecule has 1 amide bonds. The van der Waals surface area contributed by atoms with Gasteiger partial charge < -0.3 is 9.84 Å². The average Bonchev–Trinajstić information content (AvgIpc) is 2.95. The van der Waals surface area contributed by atoms with Crippen LogP contribution < -0.4 is 10.2 Å². The number of hydrogen-bond donors (Lipinski definition) is 2. The number of carbonyl (C=O) groups excluding carboxylic acids is 1. The van der Waals surface area contributed by atoms with E-state index in [1.165, 1.54) is 29.6 Å². The van der Waals surface area contributed by atoms with Gasteiger partial charge in [0.25, 0.3) is 5.91 Å². The van der Waals surface area contributed by atoms with Crippen molar-refractivity contribution in [2.45, 2.75) is 13.5 Å². The maximum Gasteiger partial charge on any atom is 0.261 e. The van der Waals surface area contributed by atoms with Crippen molar-refractivity contribution >= 4 is 12.1 Å². The quantitative estimate of drug-likeness (QED) is 0.596. The first-order chi connectivity index (χ1) is 10.2. The van der Waals surface area contributed by atoms with Gasteiger partial charge in [-0.15, -0.1) is 0 Å². The van der Waals surface area contributed by atoms with E-state index in [9.17, 15) is 9.90 Å². The first-order valence-electron chi connectivity index (χ1n) is 6.29. The Kier molecular flexibility index (Phi) is 4.86. The lowest BCUT2D eigenvalue weighted by Gasteiger charge is -2.05. The Morgan fingerprint density at radius 2 is 2.43 bits per heavy atom. The van der Waals surface area contributed by atoms with E-state index in [1.807, 2.05) is 6.92 Å². The number of phenolic OH excluding ortho intramolecular Hbond substituents is 1. The molecule has 2 aromatic rings. The van der Waals surface area contributed by atoms with Gasteiger partial charge in [-0.3, -0.25) is 4.79 Å². The van der Waals surface area contributed by atoms with Crippen LogP contribution in [-0.4, -0.2) is 38.6 Å². The minimum atomic E-state index is -0.327. The number of aromatic nitrogens is 3. The first kappa shape index (κ1) is 14.5. The second kappa shape index (κ2) is 7.04. The molecule has 0 aliphatic carbocycles. The van der Waals surface area contributed by atoms with Crippen molar-refractivity contribution in [1.29, 1.82) is 0 Å². The van der Waals surface area contributed by atoms with Crippen LogP contribution in [-0.2, 0) is 11.3 Å². The third-order valence-electron chi connectivity index (χ3n) is 2.46. The lowest BCUT2D eigenvalue weighted by Crippen LogP contribution is -2.23. The van der Waals surface area contributed by atoms with Gasteiger partial charge in [0.05, 0.1) is 12.8 Å². The molecule has 2 N–H and O–H groups in total. The summed E-state index contributed by atoms with van der Waals surface area (Å²) in [5.74, 6) is 0.103. The molecule has 0 aliphatic heterocycles. The Labute approximate surface area is 121 Å². The monoisotopic (exact) mass is 289 g/mol. The average molecular weight is 289 g/mol. The molecule has 0 unspecified atom stereocenters. The molecule has 0 saturated carbocycles. The molecule has 0 radical (unpaired) electrons. The molecule has 110 valence electrons. The van der Waals surface area contributed by atoms with Crippen LogP contribution in [0.25, 0.3) is 0 Å². The number of carbonyl (C=O) groups is 1. The van der Waals surface area contributed by atoms with Crippen LogP contribution in [0, 0.1) is 0 Å². The largest absolute Gasteiger partial charge is 0.504 e. The zero-order valence-electron chi connectivity index (χ0n) is 11.4. The maximum atomic E-state index is 11.5. The molecule has 8 heteroatoms. The fourth-order valence-corrected chi connectivity index (χ4v) is 1.57. The third-order valence-corrected chi connectivity index (χ3v) is 2.46. The zero-order valence-corrected chi connectivity index (χ0v) is 11.4. The SMILES string of the molecule is CCOc1ccc(C=NNC(=O)Cn2cncn2)cc1O. The van der Waals surface area contributed by atoms with Gasteiger partial charge in [0.1, 0.15) is 19.2 Å². The standard InChI is InChI=1S/C13H15N5O3/c1-2-21-12-4-3-10(5-11(12)19)6-15-17-13(20)7-18-9-14-8-16-18/h3-6,8-9,19H,2,7H2,1H3,(H,17,20). The molecule has 0 aliphatic rings. The van der Waals surface area contributed by atoms with Gasteiger partial charge in [0.15, 0.2) is 11.5 Å². The van der Waals surface area contributed by atoms with Gasteiger partial charge in [0.2, 0.25) is 0 Å². The number of ether oxygens (including phenoxy) is 1. The van der Waals surface area contributed by atoms with E-state index in [-0.39, 0.29) is 18.2 Å². The molecule has 1 heterocycles. The topological polar surface area (TPSA) is 102 Å². The summed E-state index contributed by atoms with van der Waals surface area (Å²) in [6.45, 7) is 2.34. The second-order valence-corrected chi connectivity index (χ2v) is 4.05. The summed E-state index contributed by atoms with van der Waals surface area (Å²) in [6, 6.07) is 4.85. The van der Waals surface area contributed by atoms with Crippen LogP contribution in [0.3, 0.4) is 0 Å². The molecular formula is C13H15N5O3. The highest BCUT2D eigenvalue weighted by molar-refractivity contribution is 5.83. The first-order valence-corrected chi connectivity index (χ1v) is 6.29. The van der Waals surface area contributed by atoms with E-state index >= 15 is 0 Å². The van der Waals surface area contributed by atoms with Crippen molar-refractivity contribution in [3.8, 4) is 11.5 Å². The lowest BCUT2D eigenvalue weighted by molar-refractivity contribution is -0.121. The van der Waals surface area contributed by atoms with Crippen molar-refractivity contribution in [3.63, 3.8) is 0 Å². The number of phenols is 1. The lowest BCUT2D eigenvalue weighted by atomic mass is 10.2. The normalized spacial score (nSPS) is 10.7. The van der Waals surface area contributed by atoms with E-state index in [0.29, 0.717) is 17.9 Å². The number of aromatic hydroxyl groups is 1. The highest BCUT2D eigenvalue weighted by atomic mass is 16.5. The highest BCUT2D eigenvalue weighted by Crippen LogP contribution is 2.25. The van der Waals surface area contributed by atoms with Gasteiger partial charge in [-0.05, 0) is 30.7 Å². The predicted octanol–water partition coefficient (Wildman–Crippen LogP) is 0.533. The molecule has 21 heavy (non-hydrogen) atoms. The third kappa shape index (κ3) is 4.30. The van der Waals surface area contributed by atoms with Gasteiger partial charge in [0, 0.05) is 0 Å². The summed E-state index contributed by atoms with van der Waals surface area (Å²) < 4.78 is 6.60. The van der Waals surface area contributed by atoms with Crippen molar-refractivity contribution < 1.29 is 14.6 Å². The smallest absolute Gasteiger partial charge is 0.261 e. The van der Waals surface area contributed by atoms with E-state index in [0.717, 1.165) is 0 Å². The second-order valence-electron chi connectivity index (χ2n) is 4.05. The van der Waals surface area contributed by atoms with Gasteiger partial charge in [-0.25, -0.2) is 15.1 Å². The summed E-state index contributed by atoms with van der Waals surface area (Å²) in [6.07, 6.45) is 4.21. The summed E-state index contributed by atoms with van der Waals surface area (Å²) in [7, 11) is 0. The molecule has 1 aromatic heterocycles. The van der Waals surface area contributed by atoms with Crippen LogP contribution in [0.5, 0.6) is 11.5 Å². The fourth-order valence-electron chi connectivity index (χ4n) is 1.57. The molecule has 0 spiro atoms. The Hall–Kier alpha value is -2.90. The van der Waals surface area contributed by atoms with Crippen LogP contribution in [0.2, 0.25) is 0 Å². The summed E-state index contributed by atoms with van der Waals surface area (Å²) in [5, 5.41) is 17.3. The number of rotatable bonds is 6. The Morgan fingerprint density at radius 3 is 3.10 bits per heavy atom. The van der Waals surface area contributed by atoms with Gasteiger partial charge in [-0.1, -0.05) is 0 Å². The van der Waals surface area contributed by atoms with Crippen LogP contribution in [0.15, 0.2) is 36.0 Å². The number of hydrogen-bond acceptors (Lipinski definition) is 6. The number of nitrogens with one attached hydrogen (secondary N) is 1. The maximum absolute atomic E-state index is 11.5. The highest BCUT2D eigenvalue weighted by Gasteiger charge is 2.03. The van der Waals surface area contributed by atoms with Crippen molar-refractivity contribution in [1.82, 2.24) is 20.2 Å². The molecule has 0 saturated heterocycles. The Bertz CT molecular complexity index is 625. The number of benzene rings is 1. The molecular weight excluding hydrogens is 274 g/mol. The molecule has 8 nitrogen and oxygen atoms in total. The summed E-state index contributed by atoms with van der Waals surface area (Å²) in [5.41, 5.74) is 2.99. The summed E-state index contributed by atoms with van der Waals surface area (Å²) in [4.78, 5) is 15.3. The molecule has 2 rings (SSSR count). The number of hydrazone groups is 1. The minimum absolute atomic E-state index is 0.0229. The predicted molar refractivity (Wildman–Crippen MR) is 75.0 cm³/mol. The van der Waals surface area contributed by atoms with E-state index in [4.69, 9.17) is 4.74 Å². The fraction of sp³-hybridized carbons (Fsp3) is 0.231. The van der Waals surface area contributed by atoms with Gasteiger partial charge in [-0.2, -0.15) is 10.2 Å². The van der Waals surface area contributed by atoms with E-state index in [2.05, 4.69) is 20.6 Å². The summed E-state index contributed by atoms with van der Waals surface area (Å²) >= 11 is 0. The van der Waals surface area contributed by atoms with Gasteiger partial charge >= 0.3 is 0 Å². The number of nitrogens with zero attached hydrogens (tertiary/aromatic N) is 4. The van der Waals surface area contributed by atoms with Crippen LogP contribution >= 0.6 is 0 Å². The van der Waals surface area contributed by atoms with Crippen LogP contribution in [0.4, 0.5) is 0 Å². The Balaban J connectivity index is 1.89. The minimum Gasteiger partial charge on any atom is -0.504 e. The van der Waals surface area contributed by atoms with Crippen molar-refractivity contribution in [3.05, 3.63) is 36.4 Å². The Morgan fingerprint density at radius 1 is 1.57 bits per heavy atom. The molecule has 0 fully saturated rings. The number of amides is 1. The van der Waals surface area contributed by atoms with E-state index in [1.54, 1.807) is 12.1 Å². The van der Waals surface area contributed by atoms with Crippen molar-refractivity contribution in [2.24, 2.45) is 5.10 Å². The molecule has 1 aromatic carbocycles. The zero-order chi connectivity index (χ0) is 15.1. The van der Waals surface area contributed by atoms with E-state index < -0.39 is 0 Å².